The van der Waals surface area contributed by atoms with Crippen LogP contribution in [0.2, 0.25) is 0 Å². The van der Waals surface area contributed by atoms with Gasteiger partial charge in [-0.1, -0.05) is 19.9 Å². The molecule has 296 valence electrons. The number of piperazine rings is 1. The fourth-order valence-corrected chi connectivity index (χ4v) is 7.22. The second-order valence-electron chi connectivity index (χ2n) is 14.7. The smallest absolute Gasteiger partial charge is 0.270 e. The van der Waals surface area contributed by atoms with E-state index in [1.807, 2.05) is 44.2 Å². The SMILES string of the molecule is COc1ccc2[nH]c(C(=O)N3CC(=O)N[C@@H](C)[C@@H](C(=O)N4CCN(Cc5ccc6c(c5)OCO6)CC4)Oc4cc(ccc4OC)C(=O)N[C@@H](C(C)C)C3)cc2c1. The second-order valence-corrected chi connectivity index (χ2v) is 14.7. The zero-order chi connectivity index (χ0) is 39.5. The van der Waals surface area contributed by atoms with Gasteiger partial charge in [-0.2, -0.15) is 0 Å². The number of amides is 4. The number of aromatic amines is 1. The number of fused-ring (bicyclic) bond motifs is 4. The van der Waals surface area contributed by atoms with Crippen molar-refractivity contribution in [3.8, 4) is 28.7 Å². The van der Waals surface area contributed by atoms with Crippen LogP contribution in [0.1, 0.15) is 47.2 Å². The molecular formula is C41H48N6O9. The highest BCUT2D eigenvalue weighted by atomic mass is 16.7. The average Bonchev–Trinajstić information content (AvgIpc) is 3.85. The molecule has 3 aromatic carbocycles. The number of nitrogens with one attached hydrogen (secondary N) is 3. The van der Waals surface area contributed by atoms with Crippen LogP contribution in [0.25, 0.3) is 10.9 Å². The number of hydrogen-bond acceptors (Lipinski definition) is 10. The van der Waals surface area contributed by atoms with Crippen molar-refractivity contribution in [2.75, 3.05) is 60.3 Å². The fourth-order valence-electron chi connectivity index (χ4n) is 7.22. The molecule has 0 saturated carbocycles. The van der Waals surface area contributed by atoms with Crippen LogP contribution in [-0.4, -0.2) is 122 Å². The summed E-state index contributed by atoms with van der Waals surface area (Å²) in [6.07, 6.45) is -1.19. The standard InChI is InChI=1S/C41H48N6O9/c1-24(2)32-21-47(40(50)31-18-28-17-29(52-4)8-9-30(28)43-31)22-37(48)42-25(3)38(56-36-19-27(39(49)44-32)7-11-33(36)53-5)41(51)46-14-12-45(13-15-46)20-26-6-10-34-35(16-26)55-23-54-34/h6-11,16-19,24-25,32,38,43H,12-15,20-23H2,1-5H3,(H,42,48)(H,44,49)/t25-,32+,38-/m0/s1. The molecule has 3 aliphatic rings. The minimum absolute atomic E-state index is 0.0428. The highest BCUT2D eigenvalue weighted by molar-refractivity contribution is 6.00. The summed E-state index contributed by atoms with van der Waals surface area (Å²) < 4.78 is 28.4. The van der Waals surface area contributed by atoms with Crippen LogP contribution in [0.4, 0.5) is 0 Å². The van der Waals surface area contributed by atoms with Crippen LogP contribution in [-0.2, 0) is 16.1 Å². The van der Waals surface area contributed by atoms with Gasteiger partial charge in [0.25, 0.3) is 17.7 Å². The lowest BCUT2D eigenvalue weighted by atomic mass is 10.0. The van der Waals surface area contributed by atoms with Crippen molar-refractivity contribution in [2.45, 2.75) is 45.5 Å². The quantitative estimate of drug-likeness (QED) is 0.254. The van der Waals surface area contributed by atoms with E-state index in [-0.39, 0.29) is 48.7 Å². The van der Waals surface area contributed by atoms with Gasteiger partial charge in [0.1, 0.15) is 11.4 Å². The normalized spacial score (nSPS) is 20.6. The molecule has 4 heterocycles. The number of hydrogen-bond donors (Lipinski definition) is 3. The van der Waals surface area contributed by atoms with E-state index >= 15 is 0 Å². The summed E-state index contributed by atoms with van der Waals surface area (Å²) in [7, 11) is 3.05. The molecule has 3 N–H and O–H groups in total. The van der Waals surface area contributed by atoms with Gasteiger partial charge in [0.15, 0.2) is 29.1 Å². The Labute approximate surface area is 325 Å². The third-order valence-corrected chi connectivity index (χ3v) is 10.5. The lowest BCUT2D eigenvalue weighted by molar-refractivity contribution is -0.142. The third-order valence-electron chi connectivity index (χ3n) is 10.5. The summed E-state index contributed by atoms with van der Waals surface area (Å²) in [4.78, 5) is 64.8. The minimum atomic E-state index is -1.19. The number of carbonyl (C=O) groups excluding carboxylic acids is 4. The Bertz CT molecular complexity index is 2110. The predicted molar refractivity (Wildman–Crippen MR) is 206 cm³/mol. The van der Waals surface area contributed by atoms with Crippen LogP contribution in [0.3, 0.4) is 0 Å². The second kappa shape index (κ2) is 16.4. The van der Waals surface area contributed by atoms with Gasteiger partial charge in [0, 0.05) is 61.8 Å². The molecule has 0 spiro atoms. The fraction of sp³-hybridized carbons (Fsp3) is 0.415. The van der Waals surface area contributed by atoms with Gasteiger partial charge in [-0.25, -0.2) is 0 Å². The van der Waals surface area contributed by atoms with Crippen molar-refractivity contribution < 1.29 is 42.9 Å². The summed E-state index contributed by atoms with van der Waals surface area (Å²) in [6.45, 7) is 8.24. The summed E-state index contributed by atoms with van der Waals surface area (Å²) >= 11 is 0. The Morgan fingerprint density at radius 3 is 2.39 bits per heavy atom. The molecule has 1 saturated heterocycles. The molecule has 0 unspecified atom stereocenters. The number of ether oxygens (including phenoxy) is 5. The lowest BCUT2D eigenvalue weighted by Crippen LogP contribution is -2.58. The summed E-state index contributed by atoms with van der Waals surface area (Å²) in [6, 6.07) is 16.4. The van der Waals surface area contributed by atoms with Gasteiger partial charge in [0.2, 0.25) is 12.7 Å². The molecule has 3 aliphatic heterocycles. The Morgan fingerprint density at radius 1 is 0.857 bits per heavy atom. The van der Waals surface area contributed by atoms with E-state index in [9.17, 15) is 19.2 Å². The summed E-state index contributed by atoms with van der Waals surface area (Å²) in [5.74, 6) is 0.841. The van der Waals surface area contributed by atoms with E-state index in [1.165, 1.54) is 18.1 Å². The Morgan fingerprint density at radius 2 is 1.64 bits per heavy atom. The van der Waals surface area contributed by atoms with Crippen molar-refractivity contribution in [3.05, 3.63) is 77.5 Å². The number of nitrogens with zero attached hydrogens (tertiary/aromatic N) is 3. The molecule has 2 bridgehead atoms. The highest BCUT2D eigenvalue weighted by Crippen LogP contribution is 2.33. The van der Waals surface area contributed by atoms with E-state index in [0.29, 0.717) is 44.2 Å². The number of carbonyl (C=O) groups is 4. The molecular weight excluding hydrogens is 720 g/mol. The van der Waals surface area contributed by atoms with Crippen molar-refractivity contribution in [2.24, 2.45) is 5.92 Å². The third kappa shape index (κ3) is 8.32. The number of aromatic nitrogens is 1. The maximum absolute atomic E-state index is 14.4. The minimum Gasteiger partial charge on any atom is -0.497 e. The number of methoxy groups -OCH3 is 2. The van der Waals surface area contributed by atoms with Crippen LogP contribution >= 0.6 is 0 Å². The zero-order valence-corrected chi connectivity index (χ0v) is 32.3. The van der Waals surface area contributed by atoms with Gasteiger partial charge in [0.05, 0.1) is 26.8 Å². The van der Waals surface area contributed by atoms with Crippen LogP contribution in [0.5, 0.6) is 28.7 Å². The van der Waals surface area contributed by atoms with E-state index in [2.05, 4.69) is 20.5 Å². The largest absolute Gasteiger partial charge is 0.497 e. The zero-order valence-electron chi connectivity index (χ0n) is 32.3. The van der Waals surface area contributed by atoms with Gasteiger partial charge in [-0.05, 0) is 73.0 Å². The molecule has 1 fully saturated rings. The Kier molecular flexibility index (Phi) is 11.2. The molecule has 15 nitrogen and oxygen atoms in total. The molecule has 4 amide bonds. The topological polar surface area (TPSA) is 164 Å². The van der Waals surface area contributed by atoms with Gasteiger partial charge >= 0.3 is 0 Å². The summed E-state index contributed by atoms with van der Waals surface area (Å²) in [5.41, 5.74) is 2.36. The van der Waals surface area contributed by atoms with E-state index < -0.39 is 35.9 Å². The molecule has 0 aliphatic carbocycles. The summed E-state index contributed by atoms with van der Waals surface area (Å²) in [5, 5.41) is 6.77. The maximum Gasteiger partial charge on any atom is 0.270 e. The van der Waals surface area contributed by atoms with Gasteiger partial charge in [-0.15, -0.1) is 0 Å². The average molecular weight is 769 g/mol. The number of H-pyrrole nitrogens is 1. The molecule has 1 aromatic heterocycles. The van der Waals surface area contributed by atoms with E-state index in [0.717, 1.165) is 28.0 Å². The molecule has 56 heavy (non-hydrogen) atoms. The van der Waals surface area contributed by atoms with Crippen molar-refractivity contribution in [1.82, 2.24) is 30.3 Å². The predicted octanol–water partition coefficient (Wildman–Crippen LogP) is 3.42. The molecule has 15 heteroatoms. The van der Waals surface area contributed by atoms with Gasteiger partial charge < -0.3 is 49.1 Å². The Balaban J connectivity index is 1.14. The van der Waals surface area contributed by atoms with Crippen molar-refractivity contribution in [3.63, 3.8) is 0 Å². The molecule has 3 atom stereocenters. The first-order chi connectivity index (χ1) is 27.0. The van der Waals surface area contributed by atoms with Gasteiger partial charge in [-0.3, -0.25) is 24.1 Å². The first kappa shape index (κ1) is 38.3. The van der Waals surface area contributed by atoms with Crippen molar-refractivity contribution >= 4 is 34.5 Å². The van der Waals surface area contributed by atoms with E-state index in [1.54, 1.807) is 43.2 Å². The molecule has 4 aromatic rings. The first-order valence-corrected chi connectivity index (χ1v) is 18.8. The van der Waals surface area contributed by atoms with Crippen LogP contribution in [0.15, 0.2) is 60.7 Å². The van der Waals surface area contributed by atoms with Crippen molar-refractivity contribution in [1.29, 1.82) is 0 Å². The lowest BCUT2D eigenvalue weighted by Gasteiger charge is -2.38. The molecule has 7 rings (SSSR count). The maximum atomic E-state index is 14.4. The number of rotatable bonds is 7. The number of benzene rings is 3. The first-order valence-electron chi connectivity index (χ1n) is 18.8. The monoisotopic (exact) mass is 768 g/mol. The van der Waals surface area contributed by atoms with Crippen LogP contribution in [0, 0.1) is 5.92 Å². The highest BCUT2D eigenvalue weighted by Gasteiger charge is 2.36. The Hall–Kier alpha value is -5.96. The molecule has 0 radical (unpaired) electrons. The van der Waals surface area contributed by atoms with E-state index in [4.69, 9.17) is 23.7 Å². The van der Waals surface area contributed by atoms with Crippen LogP contribution < -0.4 is 34.3 Å².